The number of aliphatic hydroxyl groups is 1. The number of aromatic hydroxyl groups is 1. The second-order valence-electron chi connectivity index (χ2n) is 8.71. The Bertz CT molecular complexity index is 1390. The number of imidazole rings is 1. The van der Waals surface area contributed by atoms with E-state index in [4.69, 9.17) is 9.97 Å². The lowest BCUT2D eigenvalue weighted by atomic mass is 10.2. The first-order valence-electron chi connectivity index (χ1n) is 11.7. The zero-order chi connectivity index (χ0) is 23.9. The Hall–Kier alpha value is -4.18. The van der Waals surface area contributed by atoms with Gasteiger partial charge in [0.2, 0.25) is 11.9 Å². The Morgan fingerprint density at radius 2 is 1.66 bits per heavy atom. The van der Waals surface area contributed by atoms with E-state index in [9.17, 15) is 15.0 Å². The molecule has 2 aliphatic rings. The standard InChI is InChI=1S/C25H25N7O3/c33-14-13-31-16-26-22-23(31)27-25(28-24(22)32-20-4-2-1-3-17(20)15-21(32)35)30-11-9-29(10-12-30)18-5-7-19(34)8-6-18/h1-8,16,33-34H,9-15H2. The van der Waals surface area contributed by atoms with Gasteiger partial charge in [0.25, 0.3) is 0 Å². The van der Waals surface area contributed by atoms with Gasteiger partial charge in [-0.25, -0.2) is 4.98 Å². The minimum atomic E-state index is -0.0500. The summed E-state index contributed by atoms with van der Waals surface area (Å²) in [5.41, 5.74) is 3.97. The smallest absolute Gasteiger partial charge is 0.237 e. The summed E-state index contributed by atoms with van der Waals surface area (Å²) >= 11 is 0. The number of phenols is 1. The van der Waals surface area contributed by atoms with Gasteiger partial charge < -0.3 is 24.6 Å². The van der Waals surface area contributed by atoms with Gasteiger partial charge in [0, 0.05) is 38.4 Å². The number of hydrogen-bond acceptors (Lipinski definition) is 8. The van der Waals surface area contributed by atoms with Gasteiger partial charge in [0.05, 0.1) is 25.0 Å². The highest BCUT2D eigenvalue weighted by Crippen LogP contribution is 2.38. The number of aliphatic hydroxyl groups excluding tert-OH is 1. The average Bonchev–Trinajstić information content (AvgIpc) is 3.44. The van der Waals surface area contributed by atoms with Crippen molar-refractivity contribution in [3.8, 4) is 5.75 Å². The second kappa shape index (κ2) is 8.55. The number of carbonyl (C=O) groups excluding carboxylic acids is 1. The Balaban J connectivity index is 1.37. The molecular formula is C25H25N7O3. The zero-order valence-corrected chi connectivity index (χ0v) is 19.1. The van der Waals surface area contributed by atoms with Crippen LogP contribution in [0.4, 0.5) is 23.1 Å². The summed E-state index contributed by atoms with van der Waals surface area (Å²) in [5, 5.41) is 19.1. The summed E-state index contributed by atoms with van der Waals surface area (Å²) in [6.07, 6.45) is 1.96. The third kappa shape index (κ3) is 3.71. The molecule has 1 amide bonds. The SMILES string of the molecule is O=C1Cc2ccccc2N1c1nc(N2CCN(c3ccc(O)cc3)CC2)nc2c1ncn2CCO. The molecule has 178 valence electrons. The van der Waals surface area contributed by atoms with E-state index in [1.165, 1.54) is 0 Å². The number of fused-ring (bicyclic) bond motifs is 2. The largest absolute Gasteiger partial charge is 0.508 e. The lowest BCUT2D eigenvalue weighted by Crippen LogP contribution is -2.47. The van der Waals surface area contributed by atoms with E-state index in [1.807, 2.05) is 36.4 Å². The second-order valence-corrected chi connectivity index (χ2v) is 8.71. The van der Waals surface area contributed by atoms with Crippen molar-refractivity contribution in [2.24, 2.45) is 0 Å². The van der Waals surface area contributed by atoms with Crippen LogP contribution in [0.2, 0.25) is 0 Å². The summed E-state index contributed by atoms with van der Waals surface area (Å²) in [4.78, 5) is 33.3. The molecule has 0 atom stereocenters. The Morgan fingerprint density at radius 1 is 0.914 bits per heavy atom. The van der Waals surface area contributed by atoms with Crippen molar-refractivity contribution >= 4 is 40.2 Å². The minimum absolute atomic E-state index is 0.0447. The van der Waals surface area contributed by atoms with Gasteiger partial charge in [0.1, 0.15) is 5.75 Å². The molecule has 0 bridgehead atoms. The molecule has 10 nitrogen and oxygen atoms in total. The molecule has 35 heavy (non-hydrogen) atoms. The molecule has 1 saturated heterocycles. The Morgan fingerprint density at radius 3 is 2.43 bits per heavy atom. The van der Waals surface area contributed by atoms with Gasteiger partial charge in [-0.05, 0) is 35.9 Å². The highest BCUT2D eigenvalue weighted by molar-refractivity contribution is 6.10. The highest BCUT2D eigenvalue weighted by Gasteiger charge is 2.33. The predicted octanol–water partition coefficient (Wildman–Crippen LogP) is 2.07. The first-order chi connectivity index (χ1) is 17.1. The lowest BCUT2D eigenvalue weighted by molar-refractivity contribution is -0.116. The third-order valence-corrected chi connectivity index (χ3v) is 6.59. The van der Waals surface area contributed by atoms with Gasteiger partial charge in [0.15, 0.2) is 17.0 Å². The van der Waals surface area contributed by atoms with Gasteiger partial charge in [-0.2, -0.15) is 9.97 Å². The van der Waals surface area contributed by atoms with Crippen LogP contribution in [-0.2, 0) is 17.8 Å². The zero-order valence-electron chi connectivity index (χ0n) is 19.1. The molecule has 0 spiro atoms. The number of carbonyl (C=O) groups is 1. The van der Waals surface area contributed by atoms with E-state index in [0.29, 0.717) is 49.0 Å². The number of para-hydroxylation sites is 1. The van der Waals surface area contributed by atoms with Crippen LogP contribution in [0.5, 0.6) is 5.75 Å². The van der Waals surface area contributed by atoms with E-state index < -0.39 is 0 Å². The van der Waals surface area contributed by atoms with Crippen LogP contribution >= 0.6 is 0 Å². The number of benzene rings is 2. The summed E-state index contributed by atoms with van der Waals surface area (Å²) in [6, 6.07) is 14.9. The molecule has 4 heterocycles. The van der Waals surface area contributed by atoms with Gasteiger partial charge in [-0.15, -0.1) is 0 Å². The van der Waals surface area contributed by atoms with E-state index >= 15 is 0 Å². The average molecular weight is 472 g/mol. The number of amides is 1. The first kappa shape index (κ1) is 21.4. The molecule has 2 N–H and O–H groups in total. The van der Waals surface area contributed by atoms with Crippen LogP contribution in [0.1, 0.15) is 5.56 Å². The molecule has 1 fully saturated rings. The fraction of sp³-hybridized carbons (Fsp3) is 0.280. The predicted molar refractivity (Wildman–Crippen MR) is 132 cm³/mol. The number of phenolic OH excluding ortho intramolecular Hbond substituents is 1. The van der Waals surface area contributed by atoms with Crippen LogP contribution in [0.3, 0.4) is 0 Å². The Labute approximate surface area is 201 Å². The van der Waals surface area contributed by atoms with Crippen LogP contribution in [0, 0.1) is 0 Å². The van der Waals surface area contributed by atoms with Crippen molar-refractivity contribution in [3.63, 3.8) is 0 Å². The van der Waals surface area contributed by atoms with E-state index in [2.05, 4.69) is 14.8 Å². The number of rotatable bonds is 5. The number of nitrogens with zero attached hydrogens (tertiary/aromatic N) is 7. The molecule has 6 rings (SSSR count). The van der Waals surface area contributed by atoms with Crippen LogP contribution in [-0.4, -0.2) is 68.4 Å². The van der Waals surface area contributed by atoms with Crippen molar-refractivity contribution in [3.05, 3.63) is 60.4 Å². The fourth-order valence-electron chi connectivity index (χ4n) is 4.80. The fourth-order valence-corrected chi connectivity index (χ4v) is 4.80. The normalized spacial score (nSPS) is 15.8. The van der Waals surface area contributed by atoms with E-state index in [0.717, 1.165) is 30.0 Å². The summed E-state index contributed by atoms with van der Waals surface area (Å²) < 4.78 is 1.79. The molecule has 2 aromatic carbocycles. The quantitative estimate of drug-likeness (QED) is 0.455. The molecule has 2 aliphatic heterocycles. The molecular weight excluding hydrogens is 446 g/mol. The first-order valence-corrected chi connectivity index (χ1v) is 11.7. The van der Waals surface area contributed by atoms with Crippen molar-refractivity contribution in [1.29, 1.82) is 0 Å². The maximum atomic E-state index is 13.1. The van der Waals surface area contributed by atoms with Gasteiger partial charge in [-0.1, -0.05) is 18.2 Å². The lowest BCUT2D eigenvalue weighted by Gasteiger charge is -2.36. The molecule has 4 aromatic rings. The van der Waals surface area contributed by atoms with E-state index in [-0.39, 0.29) is 18.3 Å². The molecule has 0 aliphatic carbocycles. The monoisotopic (exact) mass is 471 g/mol. The molecule has 0 radical (unpaired) electrons. The summed E-state index contributed by atoms with van der Waals surface area (Å²) in [5.74, 6) is 1.21. The van der Waals surface area contributed by atoms with Crippen molar-refractivity contribution in [1.82, 2.24) is 19.5 Å². The van der Waals surface area contributed by atoms with Crippen molar-refractivity contribution in [2.45, 2.75) is 13.0 Å². The van der Waals surface area contributed by atoms with Crippen molar-refractivity contribution in [2.75, 3.05) is 47.5 Å². The van der Waals surface area contributed by atoms with Gasteiger partial charge >= 0.3 is 0 Å². The van der Waals surface area contributed by atoms with Gasteiger partial charge in [-0.3, -0.25) is 9.69 Å². The van der Waals surface area contributed by atoms with Crippen molar-refractivity contribution < 1.29 is 15.0 Å². The summed E-state index contributed by atoms with van der Waals surface area (Å²) in [7, 11) is 0. The number of anilines is 4. The van der Waals surface area contributed by atoms with E-state index in [1.54, 1.807) is 27.9 Å². The highest BCUT2D eigenvalue weighted by atomic mass is 16.3. The number of aromatic nitrogens is 4. The maximum absolute atomic E-state index is 13.1. The molecule has 10 heteroatoms. The maximum Gasteiger partial charge on any atom is 0.237 e. The number of hydrogen-bond donors (Lipinski definition) is 2. The third-order valence-electron chi connectivity index (χ3n) is 6.59. The summed E-state index contributed by atoms with van der Waals surface area (Å²) in [6.45, 7) is 3.24. The van der Waals surface area contributed by atoms with Crippen LogP contribution < -0.4 is 14.7 Å². The molecule has 0 saturated carbocycles. The van der Waals surface area contributed by atoms with Crippen LogP contribution in [0.25, 0.3) is 11.2 Å². The van der Waals surface area contributed by atoms with Crippen LogP contribution in [0.15, 0.2) is 54.9 Å². The Kier molecular flexibility index (Phi) is 5.22. The molecule has 2 aromatic heterocycles. The number of piperazine rings is 1. The molecule has 0 unspecified atom stereocenters. The minimum Gasteiger partial charge on any atom is -0.508 e. The topological polar surface area (TPSA) is 111 Å².